The van der Waals surface area contributed by atoms with Crippen molar-refractivity contribution in [3.05, 3.63) is 0 Å². The smallest absolute Gasteiger partial charge is 0.234 e. The van der Waals surface area contributed by atoms with Gasteiger partial charge in [-0.05, 0) is 25.7 Å². The number of nitrogens with one attached hydrogen (secondary N) is 2. The van der Waals surface area contributed by atoms with E-state index in [9.17, 15) is 4.79 Å². The largest absolute Gasteiger partial charge is 0.379 e. The maximum Gasteiger partial charge on any atom is 0.234 e. The standard InChI is InChI=1S/C20H38N6O2.HI/c1-3-21-20(22-14-17(2)15-25-10-12-28-13-11-25)26-8-6-24(7-9-26)16-19(27)23-18-4-5-18;/h17-18H,3-16H2,1-2H3,(H,21,22)(H,23,27);1H. The Labute approximate surface area is 192 Å². The van der Waals surface area contributed by atoms with Crippen molar-refractivity contribution in [1.29, 1.82) is 0 Å². The molecule has 2 N–H and O–H groups in total. The first-order valence-electron chi connectivity index (χ1n) is 11.0. The van der Waals surface area contributed by atoms with Crippen molar-refractivity contribution >= 4 is 35.8 Å². The second-order valence-electron chi connectivity index (χ2n) is 8.32. The zero-order valence-corrected chi connectivity index (χ0v) is 20.4. The summed E-state index contributed by atoms with van der Waals surface area (Å²) in [5.41, 5.74) is 0. The molecule has 0 aromatic rings. The maximum absolute atomic E-state index is 12.0. The number of ether oxygens (including phenoxy) is 1. The average Bonchev–Trinajstić information content (AvgIpc) is 3.50. The zero-order chi connectivity index (χ0) is 19.8. The van der Waals surface area contributed by atoms with Gasteiger partial charge in [-0.3, -0.25) is 19.6 Å². The van der Waals surface area contributed by atoms with E-state index in [1.54, 1.807) is 0 Å². The van der Waals surface area contributed by atoms with Crippen LogP contribution in [0.25, 0.3) is 0 Å². The van der Waals surface area contributed by atoms with Gasteiger partial charge in [-0.1, -0.05) is 6.92 Å². The Morgan fingerprint density at radius 2 is 1.79 bits per heavy atom. The first-order valence-corrected chi connectivity index (χ1v) is 11.0. The van der Waals surface area contributed by atoms with Crippen LogP contribution < -0.4 is 10.6 Å². The Morgan fingerprint density at radius 1 is 1.10 bits per heavy atom. The molecule has 29 heavy (non-hydrogen) atoms. The molecule has 2 aliphatic heterocycles. The third kappa shape index (κ3) is 8.94. The van der Waals surface area contributed by atoms with Crippen LogP contribution in [0.1, 0.15) is 26.7 Å². The van der Waals surface area contributed by atoms with Gasteiger partial charge in [-0.2, -0.15) is 0 Å². The molecule has 1 atom stereocenters. The Morgan fingerprint density at radius 3 is 2.41 bits per heavy atom. The van der Waals surface area contributed by atoms with Crippen molar-refractivity contribution in [2.45, 2.75) is 32.7 Å². The van der Waals surface area contributed by atoms with Gasteiger partial charge in [0.2, 0.25) is 5.91 Å². The third-order valence-electron chi connectivity index (χ3n) is 5.54. The highest BCUT2D eigenvalue weighted by Gasteiger charge is 2.26. The third-order valence-corrected chi connectivity index (χ3v) is 5.54. The lowest BCUT2D eigenvalue weighted by molar-refractivity contribution is -0.122. The number of hydrogen-bond acceptors (Lipinski definition) is 5. The number of halogens is 1. The monoisotopic (exact) mass is 522 g/mol. The summed E-state index contributed by atoms with van der Waals surface area (Å²) < 4.78 is 5.43. The molecule has 1 amide bonds. The molecule has 3 rings (SSSR count). The van der Waals surface area contributed by atoms with Crippen LogP contribution in [0, 0.1) is 5.92 Å². The van der Waals surface area contributed by atoms with Crippen LogP contribution in [0.5, 0.6) is 0 Å². The van der Waals surface area contributed by atoms with E-state index in [1.165, 1.54) is 0 Å². The maximum atomic E-state index is 12.0. The Kier molecular flexibility index (Phi) is 11.0. The van der Waals surface area contributed by atoms with E-state index in [-0.39, 0.29) is 29.9 Å². The van der Waals surface area contributed by atoms with Crippen molar-refractivity contribution in [2.24, 2.45) is 10.9 Å². The Hall–Kier alpha value is -0.650. The van der Waals surface area contributed by atoms with E-state index in [4.69, 9.17) is 9.73 Å². The number of amides is 1. The normalized spacial score (nSPS) is 22.7. The molecular formula is C20H39IN6O2. The first-order chi connectivity index (χ1) is 13.6. The highest BCUT2D eigenvalue weighted by Crippen LogP contribution is 2.18. The zero-order valence-electron chi connectivity index (χ0n) is 18.1. The van der Waals surface area contributed by atoms with Crippen LogP contribution in [-0.2, 0) is 9.53 Å². The van der Waals surface area contributed by atoms with Crippen molar-refractivity contribution < 1.29 is 9.53 Å². The van der Waals surface area contributed by atoms with Gasteiger partial charge in [0.25, 0.3) is 0 Å². The number of guanidine groups is 1. The molecule has 8 nitrogen and oxygen atoms in total. The highest BCUT2D eigenvalue weighted by molar-refractivity contribution is 14.0. The van der Waals surface area contributed by atoms with Crippen LogP contribution in [0.4, 0.5) is 0 Å². The van der Waals surface area contributed by atoms with Gasteiger partial charge in [0.15, 0.2) is 5.96 Å². The summed E-state index contributed by atoms with van der Waals surface area (Å²) in [6.07, 6.45) is 2.29. The number of carbonyl (C=O) groups excluding carboxylic acids is 1. The summed E-state index contributed by atoms with van der Waals surface area (Å²) in [6.45, 7) is 15.1. The van der Waals surface area contributed by atoms with E-state index in [0.29, 0.717) is 18.5 Å². The Balaban J connectivity index is 0.00000300. The Bertz CT molecular complexity index is 517. The van der Waals surface area contributed by atoms with Gasteiger partial charge >= 0.3 is 0 Å². The van der Waals surface area contributed by atoms with Gasteiger partial charge in [0.05, 0.1) is 19.8 Å². The van der Waals surface area contributed by atoms with Gasteiger partial charge in [-0.15, -0.1) is 24.0 Å². The molecule has 0 aromatic carbocycles. The fraction of sp³-hybridized carbons (Fsp3) is 0.900. The molecule has 1 aliphatic carbocycles. The predicted octanol–water partition coefficient (Wildman–Crippen LogP) is 0.434. The highest BCUT2D eigenvalue weighted by atomic mass is 127. The van der Waals surface area contributed by atoms with Gasteiger partial charge in [0, 0.05) is 64.9 Å². The van der Waals surface area contributed by atoms with Crippen LogP contribution >= 0.6 is 24.0 Å². The van der Waals surface area contributed by atoms with Crippen molar-refractivity contribution in [1.82, 2.24) is 25.3 Å². The summed E-state index contributed by atoms with van der Waals surface area (Å²) in [6, 6.07) is 0.445. The predicted molar refractivity (Wildman–Crippen MR) is 127 cm³/mol. The van der Waals surface area contributed by atoms with Crippen molar-refractivity contribution in [2.75, 3.05) is 78.7 Å². The summed E-state index contributed by atoms with van der Waals surface area (Å²) in [5, 5.41) is 6.53. The number of morpholine rings is 1. The molecular weight excluding hydrogens is 483 g/mol. The number of piperazine rings is 1. The lowest BCUT2D eigenvalue weighted by Crippen LogP contribution is -2.54. The van der Waals surface area contributed by atoms with Crippen molar-refractivity contribution in [3.63, 3.8) is 0 Å². The fourth-order valence-electron chi connectivity index (χ4n) is 3.77. The number of aliphatic imine (C=N–C) groups is 1. The molecule has 0 radical (unpaired) electrons. The molecule has 1 unspecified atom stereocenters. The van der Waals surface area contributed by atoms with Crippen LogP contribution in [-0.4, -0.2) is 111 Å². The number of carbonyl (C=O) groups is 1. The van der Waals surface area contributed by atoms with Crippen molar-refractivity contribution in [3.8, 4) is 0 Å². The molecule has 2 saturated heterocycles. The van der Waals surface area contributed by atoms with Crippen LogP contribution in [0.15, 0.2) is 4.99 Å². The molecule has 9 heteroatoms. The second kappa shape index (κ2) is 12.9. The molecule has 1 saturated carbocycles. The van der Waals surface area contributed by atoms with E-state index in [1.807, 2.05) is 0 Å². The summed E-state index contributed by atoms with van der Waals surface area (Å²) in [4.78, 5) is 24.0. The minimum atomic E-state index is 0. The lowest BCUT2D eigenvalue weighted by atomic mass is 10.1. The lowest BCUT2D eigenvalue weighted by Gasteiger charge is -2.36. The molecule has 2 heterocycles. The van der Waals surface area contributed by atoms with Gasteiger partial charge in [-0.25, -0.2) is 0 Å². The van der Waals surface area contributed by atoms with E-state index in [0.717, 1.165) is 90.9 Å². The van der Waals surface area contributed by atoms with Crippen LogP contribution in [0.3, 0.4) is 0 Å². The molecule has 3 fully saturated rings. The minimum absolute atomic E-state index is 0. The molecule has 0 aromatic heterocycles. The molecule has 0 spiro atoms. The van der Waals surface area contributed by atoms with E-state index >= 15 is 0 Å². The average molecular weight is 522 g/mol. The quantitative estimate of drug-likeness (QED) is 0.274. The van der Waals surface area contributed by atoms with Gasteiger partial charge in [0.1, 0.15) is 0 Å². The summed E-state index contributed by atoms with van der Waals surface area (Å²) >= 11 is 0. The number of hydrogen-bond donors (Lipinski definition) is 2. The minimum Gasteiger partial charge on any atom is -0.379 e. The second-order valence-corrected chi connectivity index (χ2v) is 8.32. The van der Waals surface area contributed by atoms with Crippen LogP contribution in [0.2, 0.25) is 0 Å². The molecule has 168 valence electrons. The number of rotatable bonds is 8. The van der Waals surface area contributed by atoms with Gasteiger partial charge < -0.3 is 20.3 Å². The fourth-order valence-corrected chi connectivity index (χ4v) is 3.77. The van der Waals surface area contributed by atoms with E-state index in [2.05, 4.69) is 39.2 Å². The van der Waals surface area contributed by atoms with E-state index < -0.39 is 0 Å². The summed E-state index contributed by atoms with van der Waals surface area (Å²) in [5.74, 6) is 1.71. The molecule has 3 aliphatic rings. The topological polar surface area (TPSA) is 72.4 Å². The molecule has 0 bridgehead atoms. The first kappa shape index (κ1) is 24.6. The number of nitrogens with zero attached hydrogens (tertiary/aromatic N) is 4. The SMILES string of the molecule is CCNC(=NCC(C)CN1CCOCC1)N1CCN(CC(=O)NC2CC2)CC1.I. The summed E-state index contributed by atoms with van der Waals surface area (Å²) in [7, 11) is 0.